The van der Waals surface area contributed by atoms with E-state index in [9.17, 15) is 14.0 Å². The quantitative estimate of drug-likeness (QED) is 0.267. The maximum absolute atomic E-state index is 14.1. The Hall–Kier alpha value is -2.54. The molecule has 200 valence electrons. The first-order valence-electron chi connectivity index (χ1n) is 12.8. The van der Waals surface area contributed by atoms with Crippen LogP contribution in [0.25, 0.3) is 0 Å². The van der Waals surface area contributed by atoms with Crippen LogP contribution in [0, 0.1) is 5.82 Å². The van der Waals surface area contributed by atoms with Crippen LogP contribution in [0.1, 0.15) is 42.4 Å². The van der Waals surface area contributed by atoms with Crippen molar-refractivity contribution in [2.75, 3.05) is 5.75 Å². The van der Waals surface area contributed by atoms with Gasteiger partial charge in [0.1, 0.15) is 11.9 Å². The van der Waals surface area contributed by atoms with Gasteiger partial charge < -0.3 is 10.2 Å². The van der Waals surface area contributed by atoms with Crippen LogP contribution in [-0.2, 0) is 28.3 Å². The van der Waals surface area contributed by atoms with Crippen molar-refractivity contribution in [1.29, 1.82) is 0 Å². The lowest BCUT2D eigenvalue weighted by Crippen LogP contribution is -2.52. The van der Waals surface area contributed by atoms with E-state index in [1.807, 2.05) is 36.4 Å². The van der Waals surface area contributed by atoms with Crippen molar-refractivity contribution in [2.24, 2.45) is 0 Å². The van der Waals surface area contributed by atoms with Crippen molar-refractivity contribution in [2.45, 2.75) is 56.5 Å². The molecule has 0 aromatic heterocycles. The predicted molar refractivity (Wildman–Crippen MR) is 154 cm³/mol. The first-order chi connectivity index (χ1) is 18.4. The average molecular weight is 574 g/mol. The van der Waals surface area contributed by atoms with Crippen molar-refractivity contribution in [1.82, 2.24) is 10.2 Å². The van der Waals surface area contributed by atoms with Crippen molar-refractivity contribution in [3.63, 3.8) is 0 Å². The van der Waals surface area contributed by atoms with Crippen LogP contribution < -0.4 is 5.32 Å². The first-order valence-corrected chi connectivity index (χ1v) is 14.7. The van der Waals surface area contributed by atoms with Crippen molar-refractivity contribution >= 4 is 46.8 Å². The summed E-state index contributed by atoms with van der Waals surface area (Å²) in [5.41, 5.74) is 2.28. The number of amides is 2. The van der Waals surface area contributed by atoms with Gasteiger partial charge in [-0.3, -0.25) is 9.59 Å². The summed E-state index contributed by atoms with van der Waals surface area (Å²) in [6.45, 7) is 0.200. The van der Waals surface area contributed by atoms with Crippen LogP contribution in [0.3, 0.4) is 0 Å². The number of carbonyl (C=O) groups excluding carboxylic acids is 2. The Bertz CT molecular complexity index is 1240. The third-order valence-electron chi connectivity index (χ3n) is 6.75. The summed E-state index contributed by atoms with van der Waals surface area (Å²) in [4.78, 5) is 29.0. The maximum Gasteiger partial charge on any atom is 0.243 e. The summed E-state index contributed by atoms with van der Waals surface area (Å²) in [6.07, 6.45) is 4.45. The minimum Gasteiger partial charge on any atom is -0.352 e. The molecule has 0 bridgehead atoms. The van der Waals surface area contributed by atoms with E-state index >= 15 is 0 Å². The van der Waals surface area contributed by atoms with E-state index in [1.54, 1.807) is 35.2 Å². The van der Waals surface area contributed by atoms with Gasteiger partial charge in [-0.1, -0.05) is 90.6 Å². The molecule has 4 rings (SSSR count). The zero-order valence-corrected chi connectivity index (χ0v) is 23.4. The number of thioether (sulfide) groups is 1. The van der Waals surface area contributed by atoms with Gasteiger partial charge in [0, 0.05) is 24.8 Å². The number of benzene rings is 3. The molecule has 8 heteroatoms. The molecule has 0 saturated heterocycles. The largest absolute Gasteiger partial charge is 0.352 e. The van der Waals surface area contributed by atoms with Crippen molar-refractivity contribution in [3.8, 4) is 0 Å². The fourth-order valence-electron chi connectivity index (χ4n) is 4.70. The fourth-order valence-corrected chi connectivity index (χ4v) is 5.92. The van der Waals surface area contributed by atoms with Crippen LogP contribution in [0.15, 0.2) is 72.8 Å². The van der Waals surface area contributed by atoms with Gasteiger partial charge >= 0.3 is 0 Å². The molecule has 1 aliphatic carbocycles. The molecule has 0 unspecified atom stereocenters. The number of halogens is 3. The third kappa shape index (κ3) is 7.98. The topological polar surface area (TPSA) is 49.4 Å². The summed E-state index contributed by atoms with van der Waals surface area (Å²) < 4.78 is 14.1. The van der Waals surface area contributed by atoms with E-state index in [-0.39, 0.29) is 36.0 Å². The van der Waals surface area contributed by atoms with Crippen LogP contribution in [-0.4, -0.2) is 34.6 Å². The Morgan fingerprint density at radius 3 is 2.37 bits per heavy atom. The molecule has 1 atom stereocenters. The second-order valence-corrected chi connectivity index (χ2v) is 11.3. The second kappa shape index (κ2) is 14.0. The predicted octanol–water partition coefficient (Wildman–Crippen LogP) is 7.06. The van der Waals surface area contributed by atoms with Crippen LogP contribution >= 0.6 is 35.0 Å². The Balaban J connectivity index is 1.59. The molecule has 4 nitrogen and oxygen atoms in total. The van der Waals surface area contributed by atoms with E-state index in [2.05, 4.69) is 5.32 Å². The molecule has 0 spiro atoms. The summed E-state index contributed by atoms with van der Waals surface area (Å²) in [5.74, 6) is -0.180. The molecular formula is C30H31Cl2FN2O2S. The molecule has 1 aliphatic rings. The van der Waals surface area contributed by atoms with Crippen molar-refractivity contribution < 1.29 is 14.0 Å². The van der Waals surface area contributed by atoms with Crippen molar-refractivity contribution in [3.05, 3.63) is 105 Å². The van der Waals surface area contributed by atoms with Gasteiger partial charge in [0.25, 0.3) is 0 Å². The van der Waals surface area contributed by atoms with Gasteiger partial charge in [0.15, 0.2) is 0 Å². The summed E-state index contributed by atoms with van der Waals surface area (Å²) in [7, 11) is 0. The SMILES string of the molecule is O=C(NC1CCCC1)[C@@H](Cc1ccccc1)N(Cc1ccc(Cl)c(Cl)c1)C(=O)CSCc1ccccc1F. The Kier molecular flexibility index (Phi) is 10.5. The molecule has 1 saturated carbocycles. The molecule has 2 amide bonds. The van der Waals surface area contributed by atoms with E-state index in [1.165, 1.54) is 17.8 Å². The second-order valence-electron chi connectivity index (χ2n) is 9.55. The third-order valence-corrected chi connectivity index (χ3v) is 8.46. The lowest BCUT2D eigenvalue weighted by atomic mass is 10.0. The van der Waals surface area contributed by atoms with Gasteiger partial charge in [-0.25, -0.2) is 4.39 Å². The zero-order valence-electron chi connectivity index (χ0n) is 21.0. The number of carbonyl (C=O) groups is 2. The number of rotatable bonds is 11. The fraction of sp³-hybridized carbons (Fsp3) is 0.333. The highest BCUT2D eigenvalue weighted by Crippen LogP contribution is 2.26. The first kappa shape index (κ1) is 28.5. The van der Waals surface area contributed by atoms with E-state index in [0.717, 1.165) is 36.8 Å². The summed E-state index contributed by atoms with van der Waals surface area (Å²) >= 11 is 13.7. The lowest BCUT2D eigenvalue weighted by Gasteiger charge is -2.32. The van der Waals surface area contributed by atoms with Gasteiger partial charge in [-0.15, -0.1) is 11.8 Å². The van der Waals surface area contributed by atoms with E-state index < -0.39 is 6.04 Å². The summed E-state index contributed by atoms with van der Waals surface area (Å²) in [6, 6.07) is 20.9. The normalized spacial score (nSPS) is 14.3. The molecule has 38 heavy (non-hydrogen) atoms. The highest BCUT2D eigenvalue weighted by Gasteiger charge is 2.32. The monoisotopic (exact) mass is 572 g/mol. The lowest BCUT2D eigenvalue weighted by molar-refractivity contribution is -0.139. The highest BCUT2D eigenvalue weighted by molar-refractivity contribution is 7.99. The van der Waals surface area contributed by atoms with Crippen LogP contribution in [0.2, 0.25) is 10.0 Å². The average Bonchev–Trinajstić information content (AvgIpc) is 3.43. The maximum atomic E-state index is 14.1. The number of nitrogens with zero attached hydrogens (tertiary/aromatic N) is 1. The van der Waals surface area contributed by atoms with Crippen LogP contribution in [0.5, 0.6) is 0 Å². The molecule has 1 N–H and O–H groups in total. The van der Waals surface area contributed by atoms with Gasteiger partial charge in [0.2, 0.25) is 11.8 Å². The Labute approximate surface area is 237 Å². The zero-order chi connectivity index (χ0) is 26.9. The minimum atomic E-state index is -0.714. The Morgan fingerprint density at radius 2 is 1.66 bits per heavy atom. The number of nitrogens with one attached hydrogen (secondary N) is 1. The molecule has 0 radical (unpaired) electrons. The Morgan fingerprint density at radius 1 is 0.947 bits per heavy atom. The minimum absolute atomic E-state index is 0.109. The van der Waals surface area contributed by atoms with Gasteiger partial charge in [-0.05, 0) is 47.7 Å². The molecule has 1 fully saturated rings. The smallest absolute Gasteiger partial charge is 0.243 e. The molecule has 0 aliphatic heterocycles. The van der Waals surface area contributed by atoms with Gasteiger partial charge in [0.05, 0.1) is 15.8 Å². The van der Waals surface area contributed by atoms with E-state index in [0.29, 0.717) is 27.8 Å². The number of hydrogen-bond donors (Lipinski definition) is 1. The van der Waals surface area contributed by atoms with E-state index in [4.69, 9.17) is 23.2 Å². The molecule has 3 aromatic rings. The molecule has 0 heterocycles. The number of hydrogen-bond acceptors (Lipinski definition) is 3. The highest BCUT2D eigenvalue weighted by atomic mass is 35.5. The summed E-state index contributed by atoms with van der Waals surface area (Å²) in [5, 5.41) is 4.01. The molecular weight excluding hydrogens is 542 g/mol. The standard InChI is InChI=1S/C30H31Cl2FN2O2S/c31-25-15-14-22(16-26(25)32)18-35(29(36)20-38-19-23-10-4-7-13-27(23)33)28(17-21-8-2-1-3-9-21)30(37)34-24-11-5-6-12-24/h1-4,7-10,13-16,24,28H,5-6,11-12,17-20H2,(H,34,37)/t28-/m1/s1. The van der Waals surface area contributed by atoms with Crippen LogP contribution in [0.4, 0.5) is 4.39 Å². The molecule has 3 aromatic carbocycles. The van der Waals surface area contributed by atoms with Gasteiger partial charge in [-0.2, -0.15) is 0 Å².